The molecule has 1 saturated carbocycles. The second-order valence-corrected chi connectivity index (χ2v) is 9.61. The average molecular weight is 543 g/mol. The minimum absolute atomic E-state index is 0.134. The molecule has 1 aliphatic heterocycles. The van der Waals surface area contributed by atoms with Crippen LogP contribution in [0, 0.1) is 10.0 Å². The van der Waals surface area contributed by atoms with Crippen molar-refractivity contribution in [1.29, 1.82) is 5.41 Å². The Kier molecular flexibility index (Phi) is 8.40. The maximum atomic E-state index is 13.0. The highest BCUT2D eigenvalue weighted by molar-refractivity contribution is 7.71. The van der Waals surface area contributed by atoms with Crippen molar-refractivity contribution < 1.29 is 13.2 Å². The lowest BCUT2D eigenvalue weighted by atomic mass is 9.91. The van der Waals surface area contributed by atoms with Gasteiger partial charge in [-0.15, -0.1) is 0 Å². The van der Waals surface area contributed by atoms with Crippen molar-refractivity contribution in [1.82, 2.24) is 14.5 Å². The number of benzene rings is 2. The van der Waals surface area contributed by atoms with Gasteiger partial charge < -0.3 is 15.2 Å². The van der Waals surface area contributed by atoms with Gasteiger partial charge in [-0.05, 0) is 42.7 Å². The Morgan fingerprint density at radius 2 is 1.71 bits per heavy atom. The molecule has 2 aliphatic rings. The Balaban J connectivity index is 0.00000164. The van der Waals surface area contributed by atoms with Crippen LogP contribution in [0.4, 0.5) is 18.9 Å². The van der Waals surface area contributed by atoms with E-state index in [9.17, 15) is 13.2 Å². The predicted octanol–water partition coefficient (Wildman–Crippen LogP) is 5.17. The van der Waals surface area contributed by atoms with Crippen molar-refractivity contribution in [2.45, 2.75) is 64.3 Å². The van der Waals surface area contributed by atoms with Crippen molar-refractivity contribution in [2.75, 3.05) is 5.32 Å². The van der Waals surface area contributed by atoms with Gasteiger partial charge in [-0.25, -0.2) is 4.99 Å². The van der Waals surface area contributed by atoms with Crippen LogP contribution in [0.3, 0.4) is 0 Å². The van der Waals surface area contributed by atoms with Crippen molar-refractivity contribution in [3.05, 3.63) is 86.7 Å². The fourth-order valence-corrected chi connectivity index (χ4v) is 5.27. The van der Waals surface area contributed by atoms with Crippen LogP contribution in [-0.2, 0) is 19.8 Å². The van der Waals surface area contributed by atoms with E-state index in [1.54, 1.807) is 0 Å². The summed E-state index contributed by atoms with van der Waals surface area (Å²) in [7, 11) is 1.87. The van der Waals surface area contributed by atoms with E-state index < -0.39 is 11.7 Å². The van der Waals surface area contributed by atoms with Crippen LogP contribution in [0.25, 0.3) is 5.82 Å². The molecule has 0 amide bonds. The summed E-state index contributed by atoms with van der Waals surface area (Å²) in [6.07, 6.45) is -0.186. The van der Waals surface area contributed by atoms with Crippen molar-refractivity contribution in [3.8, 4) is 0 Å². The highest BCUT2D eigenvalue weighted by Crippen LogP contribution is 2.31. The lowest BCUT2D eigenvalue weighted by Crippen LogP contribution is -2.51. The highest BCUT2D eigenvalue weighted by Gasteiger charge is 2.33. The number of halogens is 3. The van der Waals surface area contributed by atoms with Gasteiger partial charge in [0.1, 0.15) is 15.9 Å². The summed E-state index contributed by atoms with van der Waals surface area (Å²) in [5.41, 5.74) is 1.78. The number of nitrogens with zero attached hydrogens (tertiary/aromatic N) is 3. The van der Waals surface area contributed by atoms with Crippen LogP contribution < -0.4 is 27.0 Å². The van der Waals surface area contributed by atoms with Crippen LogP contribution in [0.15, 0.2) is 59.6 Å². The zero-order valence-corrected chi connectivity index (χ0v) is 22.6. The molecular formula is C28H33F3N6S. The second kappa shape index (κ2) is 11.6. The molecule has 2 unspecified atom stereocenters. The molecular weight excluding hydrogens is 509 g/mol. The lowest BCUT2D eigenvalue weighted by molar-refractivity contribution is -0.137. The molecule has 1 aliphatic carbocycles. The lowest BCUT2D eigenvalue weighted by Gasteiger charge is -2.25. The Hall–Kier alpha value is -3.40. The number of fused-ring (bicyclic) bond motifs is 3. The maximum absolute atomic E-state index is 13.0. The maximum Gasteiger partial charge on any atom is 0.416 e. The second-order valence-electron chi connectivity index (χ2n) is 9.22. The van der Waals surface area contributed by atoms with Crippen molar-refractivity contribution in [2.24, 2.45) is 12.0 Å². The Morgan fingerprint density at radius 3 is 2.37 bits per heavy atom. The standard InChI is InChI=1S/C26H27F3N6S.C2H6/c1-34-24(36)21(22(30)35-20-10-6-5-9-19(20)33-25(34)35)23(32-18-7-3-2-4-8-18)31-15-16-11-13-17(14-12-16)26(27,28)29;1-2/h2-4,7-8,11-14,19-20,30-32H,5-6,9-10,15H2,1H3;1-2H3/b23-21-,30-22?;. The van der Waals surface area contributed by atoms with Crippen LogP contribution in [-0.4, -0.2) is 15.2 Å². The first-order valence-electron chi connectivity index (χ1n) is 12.9. The van der Waals surface area contributed by atoms with E-state index in [-0.39, 0.29) is 24.1 Å². The Bertz CT molecular complexity index is 1510. The molecule has 202 valence electrons. The first-order chi connectivity index (χ1) is 18.2. The number of hydrogen-bond acceptors (Lipinski definition) is 5. The fourth-order valence-electron chi connectivity index (χ4n) is 4.98. The number of anilines is 1. The predicted molar refractivity (Wildman–Crippen MR) is 145 cm³/mol. The molecule has 0 spiro atoms. The third-order valence-corrected chi connectivity index (χ3v) is 7.34. The van der Waals surface area contributed by atoms with E-state index in [0.717, 1.165) is 43.5 Å². The van der Waals surface area contributed by atoms with E-state index in [2.05, 4.69) is 10.6 Å². The van der Waals surface area contributed by atoms with E-state index >= 15 is 0 Å². The zero-order valence-electron chi connectivity index (χ0n) is 21.8. The zero-order chi connectivity index (χ0) is 27.4. The first-order valence-corrected chi connectivity index (χ1v) is 13.3. The van der Waals surface area contributed by atoms with Crippen LogP contribution >= 0.6 is 12.2 Å². The molecule has 2 atom stereocenters. The van der Waals surface area contributed by atoms with Crippen molar-refractivity contribution >= 4 is 23.7 Å². The Morgan fingerprint density at radius 1 is 1.05 bits per heavy atom. The number of rotatable bonds is 5. The summed E-state index contributed by atoms with van der Waals surface area (Å²) in [5.74, 6) is 0.529. The molecule has 6 nitrogen and oxygen atoms in total. The average Bonchev–Trinajstić information content (AvgIpc) is 3.32. The van der Waals surface area contributed by atoms with Crippen molar-refractivity contribution in [3.63, 3.8) is 0 Å². The molecule has 0 saturated heterocycles. The van der Waals surface area contributed by atoms with E-state index in [0.29, 0.717) is 26.9 Å². The van der Waals surface area contributed by atoms with Gasteiger partial charge in [0.25, 0.3) is 0 Å². The van der Waals surface area contributed by atoms with Gasteiger partial charge in [-0.1, -0.05) is 69.2 Å². The Labute approximate surface area is 225 Å². The van der Waals surface area contributed by atoms with Gasteiger partial charge in [-0.2, -0.15) is 13.2 Å². The SMILES string of the molecule is CC.Cn1c(=S)/c(=C(/NCc2ccc(C(F)(F)F)cc2)Nc2ccccc2)c(=N)n2c1=NC1CCCCC12. The molecule has 1 fully saturated rings. The monoisotopic (exact) mass is 542 g/mol. The van der Waals surface area contributed by atoms with Gasteiger partial charge in [0.15, 0.2) is 0 Å². The summed E-state index contributed by atoms with van der Waals surface area (Å²) < 4.78 is 43.2. The van der Waals surface area contributed by atoms with Crippen LogP contribution in [0.2, 0.25) is 0 Å². The van der Waals surface area contributed by atoms with Gasteiger partial charge in [0.05, 0.1) is 22.9 Å². The van der Waals surface area contributed by atoms with Gasteiger partial charge in [0.2, 0.25) is 5.62 Å². The largest absolute Gasteiger partial charge is 0.416 e. The van der Waals surface area contributed by atoms with E-state index in [1.165, 1.54) is 12.1 Å². The van der Waals surface area contributed by atoms with Gasteiger partial charge in [0, 0.05) is 19.3 Å². The van der Waals surface area contributed by atoms with Gasteiger partial charge >= 0.3 is 6.18 Å². The van der Waals surface area contributed by atoms with Crippen LogP contribution in [0.5, 0.6) is 0 Å². The summed E-state index contributed by atoms with van der Waals surface area (Å²) >= 11 is 5.81. The molecule has 1 aromatic heterocycles. The number of nitrogens with one attached hydrogen (secondary N) is 3. The minimum Gasteiger partial charge on any atom is -0.367 e. The topological polar surface area (TPSA) is 70.1 Å². The first kappa shape index (κ1) is 27.6. The molecule has 3 aromatic rings. The fraction of sp³-hybridized carbons (Fsp3) is 0.393. The molecule has 10 heteroatoms. The number of aromatic nitrogens is 2. The molecule has 2 aromatic carbocycles. The third-order valence-electron chi connectivity index (χ3n) is 6.86. The number of hydrogen-bond donors (Lipinski definition) is 3. The highest BCUT2D eigenvalue weighted by atomic mass is 32.1. The number of alkyl halides is 3. The summed E-state index contributed by atoms with van der Waals surface area (Å²) in [6, 6.07) is 14.9. The number of para-hydroxylation sites is 1. The summed E-state index contributed by atoms with van der Waals surface area (Å²) in [5, 5.41) is 16.4. The summed E-state index contributed by atoms with van der Waals surface area (Å²) in [4.78, 5) is 4.90. The normalized spacial score (nSPS) is 18.8. The quantitative estimate of drug-likeness (QED) is 0.390. The smallest absolute Gasteiger partial charge is 0.367 e. The summed E-state index contributed by atoms with van der Waals surface area (Å²) in [6.45, 7) is 4.25. The molecule has 0 bridgehead atoms. The minimum atomic E-state index is -4.38. The van der Waals surface area contributed by atoms with Gasteiger partial charge in [-0.3, -0.25) is 9.98 Å². The third kappa shape index (κ3) is 5.55. The molecule has 2 heterocycles. The molecule has 0 radical (unpaired) electrons. The molecule has 38 heavy (non-hydrogen) atoms. The van der Waals surface area contributed by atoms with E-state index in [1.807, 2.05) is 60.4 Å². The molecule has 5 rings (SSSR count). The van der Waals surface area contributed by atoms with Crippen LogP contribution in [0.1, 0.15) is 56.7 Å². The molecule has 3 N–H and O–H groups in total. The van der Waals surface area contributed by atoms with E-state index in [4.69, 9.17) is 22.6 Å².